The Balaban J connectivity index is 2.16. The number of nitrogens with zero attached hydrogens (tertiary/aromatic N) is 1. The molecule has 1 heterocycles. The van der Waals surface area contributed by atoms with Crippen LogP contribution in [0.15, 0.2) is 42.6 Å². The van der Waals surface area contributed by atoms with Gasteiger partial charge in [0, 0.05) is 41.5 Å². The SMILES string of the molecule is Nc1cc(F)c(Oc2cc(F)cc(F)c2)c2ncccc12. The average molecular weight is 290 g/mol. The molecule has 2 N–H and O–H groups in total. The van der Waals surface area contributed by atoms with Crippen LogP contribution in [0.25, 0.3) is 10.9 Å². The highest BCUT2D eigenvalue weighted by molar-refractivity contribution is 5.94. The van der Waals surface area contributed by atoms with Crippen molar-refractivity contribution in [2.24, 2.45) is 0 Å². The van der Waals surface area contributed by atoms with Gasteiger partial charge in [0.05, 0.1) is 0 Å². The van der Waals surface area contributed by atoms with Gasteiger partial charge in [0.1, 0.15) is 22.9 Å². The van der Waals surface area contributed by atoms with E-state index in [1.165, 1.54) is 6.20 Å². The molecule has 0 amide bonds. The van der Waals surface area contributed by atoms with Crippen molar-refractivity contribution in [3.8, 4) is 11.5 Å². The van der Waals surface area contributed by atoms with Crippen molar-refractivity contribution >= 4 is 16.6 Å². The van der Waals surface area contributed by atoms with Gasteiger partial charge in [-0.15, -0.1) is 0 Å². The van der Waals surface area contributed by atoms with Crippen LogP contribution in [0.1, 0.15) is 0 Å². The van der Waals surface area contributed by atoms with Gasteiger partial charge in [-0.3, -0.25) is 4.98 Å². The van der Waals surface area contributed by atoms with Crippen LogP contribution in [0.3, 0.4) is 0 Å². The van der Waals surface area contributed by atoms with Gasteiger partial charge in [0.25, 0.3) is 0 Å². The Morgan fingerprint density at radius 3 is 2.43 bits per heavy atom. The minimum atomic E-state index is -0.821. The number of hydrogen-bond acceptors (Lipinski definition) is 3. The molecule has 3 aromatic rings. The highest BCUT2D eigenvalue weighted by Gasteiger charge is 2.15. The Labute approximate surface area is 117 Å². The lowest BCUT2D eigenvalue weighted by Crippen LogP contribution is -1.97. The molecular weight excluding hydrogens is 281 g/mol. The minimum Gasteiger partial charge on any atom is -0.452 e. The van der Waals surface area contributed by atoms with E-state index in [9.17, 15) is 13.2 Å². The molecule has 0 spiro atoms. The second kappa shape index (κ2) is 4.97. The van der Waals surface area contributed by atoms with Crippen LogP contribution in [0, 0.1) is 17.5 Å². The summed E-state index contributed by atoms with van der Waals surface area (Å²) in [6.07, 6.45) is 1.44. The number of hydrogen-bond donors (Lipinski definition) is 1. The molecule has 0 fully saturated rings. The summed E-state index contributed by atoms with van der Waals surface area (Å²) in [4.78, 5) is 4.01. The number of rotatable bonds is 2. The quantitative estimate of drug-likeness (QED) is 0.725. The summed E-state index contributed by atoms with van der Waals surface area (Å²) in [5.74, 6) is -2.80. The molecule has 0 unspecified atom stereocenters. The van der Waals surface area contributed by atoms with Crippen LogP contribution >= 0.6 is 0 Å². The summed E-state index contributed by atoms with van der Waals surface area (Å²) in [5.41, 5.74) is 6.09. The zero-order chi connectivity index (χ0) is 15.0. The van der Waals surface area contributed by atoms with Crippen molar-refractivity contribution in [2.75, 3.05) is 5.73 Å². The average Bonchev–Trinajstić information content (AvgIpc) is 2.42. The number of ether oxygens (including phenoxy) is 1. The fourth-order valence-electron chi connectivity index (χ4n) is 2.01. The first kappa shape index (κ1) is 13.2. The lowest BCUT2D eigenvalue weighted by molar-refractivity contribution is 0.438. The predicted molar refractivity (Wildman–Crippen MR) is 72.5 cm³/mol. The molecule has 0 aliphatic heterocycles. The van der Waals surface area contributed by atoms with Gasteiger partial charge in [0.2, 0.25) is 0 Å². The lowest BCUT2D eigenvalue weighted by atomic mass is 10.1. The number of benzene rings is 2. The first-order chi connectivity index (χ1) is 10.0. The normalized spacial score (nSPS) is 10.8. The molecule has 0 radical (unpaired) electrons. The van der Waals surface area contributed by atoms with Crippen molar-refractivity contribution in [3.63, 3.8) is 0 Å². The molecule has 1 aromatic heterocycles. The molecule has 3 nitrogen and oxygen atoms in total. The van der Waals surface area contributed by atoms with E-state index in [1.807, 2.05) is 0 Å². The van der Waals surface area contributed by atoms with Crippen LogP contribution in [0.4, 0.5) is 18.9 Å². The summed E-state index contributed by atoms with van der Waals surface area (Å²) in [6.45, 7) is 0. The molecule has 0 atom stereocenters. The van der Waals surface area contributed by atoms with Crippen molar-refractivity contribution < 1.29 is 17.9 Å². The van der Waals surface area contributed by atoms with E-state index in [1.54, 1.807) is 12.1 Å². The number of aromatic nitrogens is 1. The van der Waals surface area contributed by atoms with E-state index >= 15 is 0 Å². The molecule has 106 valence electrons. The van der Waals surface area contributed by atoms with Crippen molar-refractivity contribution in [1.29, 1.82) is 0 Å². The molecule has 0 aliphatic carbocycles. The van der Waals surface area contributed by atoms with Crippen molar-refractivity contribution in [2.45, 2.75) is 0 Å². The third kappa shape index (κ3) is 2.47. The van der Waals surface area contributed by atoms with E-state index in [4.69, 9.17) is 10.5 Å². The van der Waals surface area contributed by atoms with E-state index in [-0.39, 0.29) is 22.7 Å². The molecule has 0 saturated heterocycles. The second-order valence-corrected chi connectivity index (χ2v) is 4.38. The van der Waals surface area contributed by atoms with Gasteiger partial charge in [-0.25, -0.2) is 13.2 Å². The largest absolute Gasteiger partial charge is 0.452 e. The minimum absolute atomic E-state index is 0.164. The second-order valence-electron chi connectivity index (χ2n) is 4.38. The van der Waals surface area contributed by atoms with Gasteiger partial charge in [-0.05, 0) is 12.1 Å². The monoisotopic (exact) mass is 290 g/mol. The zero-order valence-electron chi connectivity index (χ0n) is 10.6. The number of nitrogen functional groups attached to an aromatic ring is 1. The Morgan fingerprint density at radius 1 is 1.00 bits per heavy atom. The van der Waals surface area contributed by atoms with Crippen LogP contribution in [0.2, 0.25) is 0 Å². The van der Waals surface area contributed by atoms with Gasteiger partial charge in [-0.2, -0.15) is 0 Å². The molecule has 0 aliphatic rings. The molecule has 3 rings (SSSR count). The van der Waals surface area contributed by atoms with Crippen molar-refractivity contribution in [1.82, 2.24) is 4.98 Å². The third-order valence-electron chi connectivity index (χ3n) is 2.89. The first-order valence-electron chi connectivity index (χ1n) is 6.01. The number of halogens is 3. The molecule has 0 saturated carbocycles. The summed E-state index contributed by atoms with van der Waals surface area (Å²) in [7, 11) is 0. The maximum absolute atomic E-state index is 14.0. The van der Waals surface area contributed by atoms with E-state index in [0.29, 0.717) is 11.5 Å². The van der Waals surface area contributed by atoms with Gasteiger partial charge < -0.3 is 10.5 Å². The Bertz CT molecular complexity index is 816. The topological polar surface area (TPSA) is 48.1 Å². The number of fused-ring (bicyclic) bond motifs is 1. The Kier molecular flexibility index (Phi) is 3.13. The standard InChI is InChI=1S/C15H9F3N2O/c16-8-4-9(17)6-10(5-8)21-15-12(18)7-13(19)11-2-1-3-20-14(11)15/h1-7H,19H2. The smallest absolute Gasteiger partial charge is 0.189 e. The van der Waals surface area contributed by atoms with E-state index < -0.39 is 17.5 Å². The van der Waals surface area contributed by atoms with E-state index in [0.717, 1.165) is 18.2 Å². The van der Waals surface area contributed by atoms with Crippen LogP contribution in [-0.4, -0.2) is 4.98 Å². The molecule has 0 bridgehead atoms. The summed E-state index contributed by atoms with van der Waals surface area (Å²) >= 11 is 0. The summed E-state index contributed by atoms with van der Waals surface area (Å²) in [5, 5.41) is 0.491. The zero-order valence-corrected chi connectivity index (χ0v) is 10.6. The van der Waals surface area contributed by atoms with Crippen LogP contribution < -0.4 is 10.5 Å². The van der Waals surface area contributed by atoms with Crippen molar-refractivity contribution in [3.05, 3.63) is 60.0 Å². The fraction of sp³-hybridized carbons (Fsp3) is 0. The maximum atomic E-state index is 14.0. The Hall–Kier alpha value is -2.76. The number of nitrogens with two attached hydrogens (primary N) is 1. The number of anilines is 1. The van der Waals surface area contributed by atoms with Gasteiger partial charge in [-0.1, -0.05) is 0 Å². The highest BCUT2D eigenvalue weighted by Crippen LogP contribution is 2.34. The van der Waals surface area contributed by atoms with E-state index in [2.05, 4.69) is 4.98 Å². The molecule has 6 heteroatoms. The first-order valence-corrected chi connectivity index (χ1v) is 6.01. The maximum Gasteiger partial charge on any atom is 0.189 e. The molecule has 2 aromatic carbocycles. The van der Waals surface area contributed by atoms with Crippen LogP contribution in [0.5, 0.6) is 11.5 Å². The third-order valence-corrected chi connectivity index (χ3v) is 2.89. The predicted octanol–water partition coefficient (Wildman–Crippen LogP) is 4.03. The summed E-state index contributed by atoms with van der Waals surface area (Å²) in [6, 6.07) is 6.97. The Morgan fingerprint density at radius 2 is 1.71 bits per heavy atom. The number of pyridine rings is 1. The highest BCUT2D eigenvalue weighted by atomic mass is 19.1. The summed E-state index contributed by atoms with van der Waals surface area (Å²) < 4.78 is 45.6. The molecular formula is C15H9F3N2O. The fourth-order valence-corrected chi connectivity index (χ4v) is 2.01. The molecule has 21 heavy (non-hydrogen) atoms. The lowest BCUT2D eigenvalue weighted by Gasteiger charge is -2.11. The van der Waals surface area contributed by atoms with Crippen LogP contribution in [-0.2, 0) is 0 Å². The van der Waals surface area contributed by atoms with Gasteiger partial charge in [0.15, 0.2) is 11.6 Å². The van der Waals surface area contributed by atoms with Gasteiger partial charge >= 0.3 is 0 Å².